The Kier molecular flexibility index (Phi) is 4.83. The number of halogens is 2. The minimum Gasteiger partial charge on any atom is -0.353 e. The molecule has 2 amide bonds. The summed E-state index contributed by atoms with van der Waals surface area (Å²) in [6.07, 6.45) is 3.79. The molecule has 3 rings (SSSR count). The van der Waals surface area contributed by atoms with E-state index in [9.17, 15) is 18.4 Å². The van der Waals surface area contributed by atoms with Gasteiger partial charge < -0.3 is 10.6 Å². The third-order valence-electron chi connectivity index (χ3n) is 5.35. The maximum absolute atomic E-state index is 13.7. The highest BCUT2D eigenvalue weighted by atomic mass is 19.1. The molecule has 24 heavy (non-hydrogen) atoms. The maximum Gasteiger partial charge on any atom is 0.257 e. The highest BCUT2D eigenvalue weighted by molar-refractivity contribution is 5.95. The van der Waals surface area contributed by atoms with Gasteiger partial charge in [-0.25, -0.2) is 8.78 Å². The summed E-state index contributed by atoms with van der Waals surface area (Å²) in [6, 6.07) is 3.22. The summed E-state index contributed by atoms with van der Waals surface area (Å²) in [6.45, 7) is 2.09. The van der Waals surface area contributed by atoms with Gasteiger partial charge in [-0.3, -0.25) is 9.59 Å². The normalized spacial score (nSPS) is 29.5. The molecule has 1 aliphatic carbocycles. The molecule has 1 aromatic rings. The van der Waals surface area contributed by atoms with Crippen molar-refractivity contribution in [3.05, 3.63) is 35.4 Å². The summed E-state index contributed by atoms with van der Waals surface area (Å²) < 4.78 is 27.4. The van der Waals surface area contributed by atoms with Gasteiger partial charge in [-0.05, 0) is 43.2 Å². The Morgan fingerprint density at radius 2 is 2.00 bits per heavy atom. The van der Waals surface area contributed by atoms with Gasteiger partial charge in [0.25, 0.3) is 5.91 Å². The first-order chi connectivity index (χ1) is 11.5. The number of rotatable bonds is 3. The topological polar surface area (TPSA) is 58.2 Å². The van der Waals surface area contributed by atoms with Crippen molar-refractivity contribution in [2.45, 2.75) is 51.1 Å². The average Bonchev–Trinajstić information content (AvgIpc) is 2.53. The van der Waals surface area contributed by atoms with E-state index >= 15 is 0 Å². The van der Waals surface area contributed by atoms with Gasteiger partial charge in [0.15, 0.2) is 0 Å². The lowest BCUT2D eigenvalue weighted by Gasteiger charge is -2.44. The number of carbonyl (C=O) groups is 2. The number of hydrogen-bond donors (Lipinski definition) is 2. The Labute approximate surface area is 140 Å². The fraction of sp³-hybridized carbons (Fsp3) is 0.556. The second-order valence-electron chi connectivity index (χ2n) is 6.79. The van der Waals surface area contributed by atoms with Crippen LogP contribution in [0.3, 0.4) is 0 Å². The predicted octanol–water partition coefficient (Wildman–Crippen LogP) is 2.78. The van der Waals surface area contributed by atoms with Crippen LogP contribution < -0.4 is 10.6 Å². The number of piperidine rings is 1. The van der Waals surface area contributed by atoms with Crippen LogP contribution in [0.4, 0.5) is 8.78 Å². The van der Waals surface area contributed by atoms with E-state index in [0.29, 0.717) is 24.7 Å². The van der Waals surface area contributed by atoms with Gasteiger partial charge in [0.1, 0.15) is 17.2 Å². The summed E-state index contributed by atoms with van der Waals surface area (Å²) in [5.74, 6) is -1.61. The third-order valence-corrected chi connectivity index (χ3v) is 5.35. The molecule has 0 radical (unpaired) electrons. The third kappa shape index (κ3) is 3.28. The minimum absolute atomic E-state index is 0.0284. The minimum atomic E-state index is -0.863. The largest absolute Gasteiger partial charge is 0.353 e. The van der Waals surface area contributed by atoms with Crippen LogP contribution in [0.1, 0.15) is 49.4 Å². The van der Waals surface area contributed by atoms with Crippen LogP contribution >= 0.6 is 0 Å². The summed E-state index contributed by atoms with van der Waals surface area (Å²) in [5, 5.41) is 5.74. The van der Waals surface area contributed by atoms with E-state index in [-0.39, 0.29) is 18.0 Å². The summed E-state index contributed by atoms with van der Waals surface area (Å²) >= 11 is 0. The van der Waals surface area contributed by atoms with Crippen LogP contribution in [0.25, 0.3) is 0 Å². The maximum atomic E-state index is 13.7. The molecule has 0 bridgehead atoms. The van der Waals surface area contributed by atoms with E-state index in [1.807, 2.05) is 0 Å². The van der Waals surface area contributed by atoms with Gasteiger partial charge in [0, 0.05) is 18.5 Å². The van der Waals surface area contributed by atoms with E-state index in [0.717, 1.165) is 31.4 Å². The van der Waals surface area contributed by atoms with E-state index in [1.54, 1.807) is 0 Å². The van der Waals surface area contributed by atoms with Gasteiger partial charge >= 0.3 is 0 Å². The Hall–Kier alpha value is -1.98. The second kappa shape index (κ2) is 6.87. The van der Waals surface area contributed by atoms with Crippen molar-refractivity contribution in [3.63, 3.8) is 0 Å². The highest BCUT2D eigenvalue weighted by Gasteiger charge is 2.40. The predicted molar refractivity (Wildman–Crippen MR) is 85.3 cm³/mol. The number of amides is 2. The zero-order valence-corrected chi connectivity index (χ0v) is 13.6. The number of fused-ring (bicyclic) bond motifs is 1. The molecule has 0 aromatic heterocycles. The van der Waals surface area contributed by atoms with Crippen LogP contribution in [0.5, 0.6) is 0 Å². The van der Waals surface area contributed by atoms with Crippen molar-refractivity contribution in [1.29, 1.82) is 0 Å². The zero-order valence-electron chi connectivity index (χ0n) is 13.6. The van der Waals surface area contributed by atoms with Crippen molar-refractivity contribution in [1.82, 2.24) is 10.6 Å². The van der Waals surface area contributed by atoms with Crippen molar-refractivity contribution in [2.24, 2.45) is 11.8 Å². The first kappa shape index (κ1) is 16.9. The quantitative estimate of drug-likeness (QED) is 0.892. The van der Waals surface area contributed by atoms with E-state index < -0.39 is 23.1 Å². The highest BCUT2D eigenvalue weighted by Crippen LogP contribution is 2.37. The molecule has 0 spiro atoms. The molecule has 2 fully saturated rings. The molecule has 6 heteroatoms. The molecule has 130 valence electrons. The molecule has 2 aliphatic rings. The van der Waals surface area contributed by atoms with Gasteiger partial charge in [-0.1, -0.05) is 19.4 Å². The lowest BCUT2D eigenvalue weighted by Crippen LogP contribution is -2.55. The standard InChI is InChI=1S/C18H22F2N2O2/c1-2-10-8-16(23)22-15-9-11(6-7-12(10)15)21-18(24)17-13(19)4-3-5-14(17)20/h3-5,10-12,15H,2,6-9H2,1H3,(H,21,24)(H,22,23). The van der Waals surface area contributed by atoms with Crippen molar-refractivity contribution in [3.8, 4) is 0 Å². The SMILES string of the molecule is CCC1CC(=O)NC2CC(NC(=O)c3c(F)cccc3F)CCC12. The molecule has 4 nitrogen and oxygen atoms in total. The molecule has 1 saturated carbocycles. The molecule has 2 N–H and O–H groups in total. The zero-order chi connectivity index (χ0) is 17.3. The smallest absolute Gasteiger partial charge is 0.257 e. The molecular weight excluding hydrogens is 314 g/mol. The van der Waals surface area contributed by atoms with Crippen LogP contribution in [0, 0.1) is 23.5 Å². The fourth-order valence-electron chi connectivity index (χ4n) is 4.13. The lowest BCUT2D eigenvalue weighted by molar-refractivity contribution is -0.127. The van der Waals surface area contributed by atoms with Gasteiger partial charge in [-0.2, -0.15) is 0 Å². The first-order valence-electron chi connectivity index (χ1n) is 8.53. The van der Waals surface area contributed by atoms with Crippen molar-refractivity contribution < 1.29 is 18.4 Å². The molecule has 1 heterocycles. The monoisotopic (exact) mass is 336 g/mol. The Morgan fingerprint density at radius 3 is 2.67 bits per heavy atom. The van der Waals surface area contributed by atoms with E-state index in [2.05, 4.69) is 17.6 Å². The molecular formula is C18H22F2N2O2. The number of carbonyl (C=O) groups excluding carboxylic acids is 2. The van der Waals surface area contributed by atoms with E-state index in [4.69, 9.17) is 0 Å². The Balaban J connectivity index is 1.67. The van der Waals surface area contributed by atoms with Crippen LogP contribution in [0.15, 0.2) is 18.2 Å². The van der Waals surface area contributed by atoms with Crippen LogP contribution in [0.2, 0.25) is 0 Å². The lowest BCUT2D eigenvalue weighted by atomic mass is 9.70. The van der Waals surface area contributed by atoms with Crippen molar-refractivity contribution in [2.75, 3.05) is 0 Å². The number of hydrogen-bond acceptors (Lipinski definition) is 2. The number of nitrogens with one attached hydrogen (secondary N) is 2. The van der Waals surface area contributed by atoms with Gasteiger partial charge in [-0.15, -0.1) is 0 Å². The molecule has 4 atom stereocenters. The van der Waals surface area contributed by atoms with Crippen LogP contribution in [-0.2, 0) is 4.79 Å². The Bertz CT molecular complexity index is 630. The molecule has 4 unspecified atom stereocenters. The molecule has 1 saturated heterocycles. The average molecular weight is 336 g/mol. The summed E-state index contributed by atoms with van der Waals surface area (Å²) in [5.41, 5.74) is -0.543. The first-order valence-corrected chi connectivity index (χ1v) is 8.53. The second-order valence-corrected chi connectivity index (χ2v) is 6.79. The number of benzene rings is 1. The fourth-order valence-corrected chi connectivity index (χ4v) is 4.13. The summed E-state index contributed by atoms with van der Waals surface area (Å²) in [4.78, 5) is 24.1. The van der Waals surface area contributed by atoms with Gasteiger partial charge in [0.05, 0.1) is 0 Å². The molecule has 1 aromatic carbocycles. The molecule has 1 aliphatic heterocycles. The Morgan fingerprint density at radius 1 is 1.29 bits per heavy atom. The van der Waals surface area contributed by atoms with Gasteiger partial charge in [0.2, 0.25) is 5.91 Å². The van der Waals surface area contributed by atoms with Crippen LogP contribution in [-0.4, -0.2) is 23.9 Å². The summed E-state index contributed by atoms with van der Waals surface area (Å²) in [7, 11) is 0. The van der Waals surface area contributed by atoms with E-state index in [1.165, 1.54) is 6.07 Å². The van der Waals surface area contributed by atoms with Crippen molar-refractivity contribution >= 4 is 11.8 Å².